The van der Waals surface area contributed by atoms with E-state index in [1.165, 1.54) is 5.56 Å². The molecule has 0 saturated carbocycles. The van der Waals surface area contributed by atoms with Crippen molar-refractivity contribution in [3.63, 3.8) is 0 Å². The largest absolute Gasteiger partial charge is 0.398 e. The Bertz CT molecular complexity index is 542. The van der Waals surface area contributed by atoms with Crippen molar-refractivity contribution >= 4 is 11.4 Å². The molecule has 0 aromatic heterocycles. The van der Waals surface area contributed by atoms with Crippen molar-refractivity contribution < 1.29 is 0 Å². The molecule has 2 aromatic carbocycles. The van der Waals surface area contributed by atoms with Crippen LogP contribution in [0.25, 0.3) is 0 Å². The minimum absolute atomic E-state index is 0.678. The van der Waals surface area contributed by atoms with Crippen LogP contribution in [0.4, 0.5) is 5.69 Å². The molecule has 17 heavy (non-hydrogen) atoms. The van der Waals surface area contributed by atoms with Crippen LogP contribution in [0.1, 0.15) is 16.7 Å². The van der Waals surface area contributed by atoms with Gasteiger partial charge < -0.3 is 11.6 Å². The fraction of sp³-hybridized carbons (Fsp3) is 0.0714. The first kappa shape index (κ1) is 11.2. The summed E-state index contributed by atoms with van der Waals surface area (Å²) < 4.78 is 0. The van der Waals surface area contributed by atoms with Crippen LogP contribution in [-0.4, -0.2) is 5.71 Å². The summed E-state index contributed by atoms with van der Waals surface area (Å²) in [5.41, 5.74) is 10.3. The zero-order valence-electron chi connectivity index (χ0n) is 9.72. The van der Waals surface area contributed by atoms with Gasteiger partial charge in [-0.25, -0.2) is 0 Å². The topological polar surface area (TPSA) is 64.4 Å². The zero-order valence-corrected chi connectivity index (χ0v) is 9.72. The van der Waals surface area contributed by atoms with E-state index < -0.39 is 0 Å². The molecule has 0 atom stereocenters. The Hall–Kier alpha value is -2.29. The maximum atomic E-state index is 5.93. The van der Waals surface area contributed by atoms with Crippen molar-refractivity contribution in [2.75, 3.05) is 5.73 Å². The minimum Gasteiger partial charge on any atom is -0.398 e. The van der Waals surface area contributed by atoms with Crippen LogP contribution in [0.15, 0.2) is 53.6 Å². The van der Waals surface area contributed by atoms with Gasteiger partial charge in [0.05, 0.1) is 5.71 Å². The van der Waals surface area contributed by atoms with Crippen LogP contribution in [0.3, 0.4) is 0 Å². The summed E-state index contributed by atoms with van der Waals surface area (Å²) in [5.74, 6) is 5.48. The monoisotopic (exact) mass is 225 g/mol. The third-order valence-corrected chi connectivity index (χ3v) is 2.67. The van der Waals surface area contributed by atoms with E-state index in [1.54, 1.807) is 0 Å². The number of hydrogen-bond acceptors (Lipinski definition) is 3. The average Bonchev–Trinajstić information content (AvgIpc) is 2.35. The fourth-order valence-corrected chi connectivity index (χ4v) is 1.72. The van der Waals surface area contributed by atoms with Gasteiger partial charge in [0.25, 0.3) is 0 Å². The van der Waals surface area contributed by atoms with Crippen molar-refractivity contribution in [3.8, 4) is 0 Å². The molecular weight excluding hydrogens is 210 g/mol. The van der Waals surface area contributed by atoms with E-state index in [4.69, 9.17) is 11.6 Å². The number of rotatable bonds is 2. The molecule has 3 heteroatoms. The van der Waals surface area contributed by atoms with Gasteiger partial charge in [0.2, 0.25) is 0 Å². The van der Waals surface area contributed by atoms with Gasteiger partial charge in [-0.3, -0.25) is 0 Å². The third kappa shape index (κ3) is 2.28. The summed E-state index contributed by atoms with van der Waals surface area (Å²) in [6, 6.07) is 15.6. The molecule has 2 rings (SSSR count). The van der Waals surface area contributed by atoms with Crippen LogP contribution in [-0.2, 0) is 0 Å². The van der Waals surface area contributed by atoms with Gasteiger partial charge in [0.1, 0.15) is 0 Å². The van der Waals surface area contributed by atoms with Gasteiger partial charge in [-0.2, -0.15) is 5.10 Å². The van der Waals surface area contributed by atoms with Crippen molar-refractivity contribution in [1.82, 2.24) is 0 Å². The Morgan fingerprint density at radius 1 is 1.00 bits per heavy atom. The van der Waals surface area contributed by atoms with E-state index in [1.807, 2.05) is 55.5 Å². The maximum absolute atomic E-state index is 5.93. The number of nitrogen functional groups attached to an aromatic ring is 1. The molecule has 0 unspecified atom stereocenters. The van der Waals surface area contributed by atoms with Crippen molar-refractivity contribution in [3.05, 3.63) is 65.2 Å². The second-order valence-corrected chi connectivity index (χ2v) is 3.93. The SMILES string of the molecule is Cc1ccc(/C(=N\N)c2ccccc2N)cc1. The molecule has 0 fully saturated rings. The lowest BCUT2D eigenvalue weighted by molar-refractivity contribution is 1.24. The molecule has 0 aliphatic heterocycles. The lowest BCUT2D eigenvalue weighted by Gasteiger charge is -2.08. The van der Waals surface area contributed by atoms with E-state index in [2.05, 4.69) is 5.10 Å². The van der Waals surface area contributed by atoms with Crippen LogP contribution in [0.5, 0.6) is 0 Å². The summed E-state index contributed by atoms with van der Waals surface area (Å²) in [5, 5.41) is 3.86. The molecule has 0 radical (unpaired) electrons. The van der Waals surface area contributed by atoms with Crippen molar-refractivity contribution in [2.45, 2.75) is 6.92 Å². The number of anilines is 1. The number of hydrazone groups is 1. The van der Waals surface area contributed by atoms with Crippen LogP contribution < -0.4 is 11.6 Å². The van der Waals surface area contributed by atoms with Crippen LogP contribution in [0, 0.1) is 6.92 Å². The van der Waals surface area contributed by atoms with Gasteiger partial charge in [-0.15, -0.1) is 0 Å². The summed E-state index contributed by atoms with van der Waals surface area (Å²) in [4.78, 5) is 0. The molecule has 0 bridgehead atoms. The van der Waals surface area contributed by atoms with E-state index >= 15 is 0 Å². The number of aryl methyl sites for hydroxylation is 1. The number of para-hydroxylation sites is 1. The summed E-state index contributed by atoms with van der Waals surface area (Å²) in [6.45, 7) is 2.04. The lowest BCUT2D eigenvalue weighted by Crippen LogP contribution is -2.09. The van der Waals surface area contributed by atoms with Crippen LogP contribution >= 0.6 is 0 Å². The average molecular weight is 225 g/mol. The van der Waals surface area contributed by atoms with E-state index in [0.717, 1.165) is 11.1 Å². The predicted molar refractivity (Wildman–Crippen MR) is 71.9 cm³/mol. The predicted octanol–water partition coefficient (Wildman–Crippen LogP) is 2.29. The van der Waals surface area contributed by atoms with Gasteiger partial charge in [0, 0.05) is 16.8 Å². The highest BCUT2D eigenvalue weighted by molar-refractivity contribution is 6.15. The van der Waals surface area contributed by atoms with Gasteiger partial charge in [0.15, 0.2) is 0 Å². The molecular formula is C14H15N3. The summed E-state index contributed by atoms with van der Waals surface area (Å²) >= 11 is 0. The van der Waals surface area contributed by atoms with Gasteiger partial charge >= 0.3 is 0 Å². The Morgan fingerprint density at radius 3 is 2.24 bits per heavy atom. The molecule has 4 N–H and O–H groups in total. The van der Waals surface area contributed by atoms with Gasteiger partial charge in [-0.05, 0) is 13.0 Å². The molecule has 0 heterocycles. The second-order valence-electron chi connectivity index (χ2n) is 3.93. The zero-order chi connectivity index (χ0) is 12.3. The molecule has 0 amide bonds. The molecule has 3 nitrogen and oxygen atoms in total. The number of nitrogens with two attached hydrogens (primary N) is 2. The quantitative estimate of drug-likeness (QED) is 0.356. The molecule has 0 aliphatic carbocycles. The number of hydrogen-bond donors (Lipinski definition) is 2. The summed E-state index contributed by atoms with van der Waals surface area (Å²) in [7, 11) is 0. The van der Waals surface area contributed by atoms with E-state index in [-0.39, 0.29) is 0 Å². The van der Waals surface area contributed by atoms with E-state index in [0.29, 0.717) is 11.4 Å². The lowest BCUT2D eigenvalue weighted by atomic mass is 10.00. The first-order chi connectivity index (χ1) is 8.22. The summed E-state index contributed by atoms with van der Waals surface area (Å²) in [6.07, 6.45) is 0. The van der Waals surface area contributed by atoms with Crippen LogP contribution in [0.2, 0.25) is 0 Å². The van der Waals surface area contributed by atoms with Gasteiger partial charge in [-0.1, -0.05) is 48.0 Å². The number of benzene rings is 2. The Kier molecular flexibility index (Phi) is 3.10. The highest BCUT2D eigenvalue weighted by atomic mass is 15.1. The standard InChI is InChI=1S/C14H15N3/c1-10-6-8-11(9-7-10)14(17-16)12-4-2-3-5-13(12)15/h2-9H,15-16H2,1H3/b17-14+. The molecule has 0 spiro atoms. The molecule has 86 valence electrons. The highest BCUT2D eigenvalue weighted by Crippen LogP contribution is 2.17. The maximum Gasteiger partial charge on any atom is 0.0991 e. The third-order valence-electron chi connectivity index (χ3n) is 2.67. The Morgan fingerprint density at radius 2 is 1.65 bits per heavy atom. The second kappa shape index (κ2) is 4.70. The van der Waals surface area contributed by atoms with Crippen molar-refractivity contribution in [2.24, 2.45) is 10.9 Å². The molecule has 0 saturated heterocycles. The first-order valence-corrected chi connectivity index (χ1v) is 5.42. The number of nitrogens with zero attached hydrogens (tertiary/aromatic N) is 1. The Balaban J connectivity index is 2.49. The minimum atomic E-state index is 0.678. The molecule has 0 aliphatic rings. The van der Waals surface area contributed by atoms with Crippen molar-refractivity contribution in [1.29, 1.82) is 0 Å². The van der Waals surface area contributed by atoms with E-state index in [9.17, 15) is 0 Å². The smallest absolute Gasteiger partial charge is 0.0991 e. The molecule has 2 aromatic rings. The highest BCUT2D eigenvalue weighted by Gasteiger charge is 2.09. The first-order valence-electron chi connectivity index (χ1n) is 5.42. The fourth-order valence-electron chi connectivity index (χ4n) is 1.72. The Labute approximate surface area is 101 Å². The normalized spacial score (nSPS) is 11.5.